The first-order valence-corrected chi connectivity index (χ1v) is 4.93. The van der Waals surface area contributed by atoms with Crippen molar-refractivity contribution in [3.63, 3.8) is 0 Å². The molecule has 1 atom stereocenters. The summed E-state index contributed by atoms with van der Waals surface area (Å²) in [5.74, 6) is 0. The third-order valence-corrected chi connectivity index (χ3v) is 2.58. The average Bonchev–Trinajstić information content (AvgIpc) is 2.18. The highest BCUT2D eigenvalue weighted by atomic mass is 35.5. The fraction of sp³-hybridized carbons (Fsp3) is 0.222. The molecule has 4 N–H and O–H groups in total. The van der Waals surface area contributed by atoms with Crippen molar-refractivity contribution in [2.24, 2.45) is 5.73 Å². The number of hydrogen-bond acceptors (Lipinski definition) is 2. The number of halogens is 2. The highest BCUT2D eigenvalue weighted by Gasteiger charge is 2.08. The van der Waals surface area contributed by atoms with Crippen molar-refractivity contribution in [1.82, 2.24) is 5.32 Å². The van der Waals surface area contributed by atoms with Crippen molar-refractivity contribution in [2.45, 2.75) is 6.04 Å². The Morgan fingerprint density at radius 3 is 2.67 bits per heavy atom. The van der Waals surface area contributed by atoms with Crippen LogP contribution in [0, 0.1) is 0 Å². The van der Waals surface area contributed by atoms with Crippen molar-refractivity contribution in [3.8, 4) is 0 Å². The van der Waals surface area contributed by atoms with Crippen molar-refractivity contribution < 1.29 is 9.90 Å². The third kappa shape index (κ3) is 3.58. The molecule has 0 aliphatic carbocycles. The van der Waals surface area contributed by atoms with Gasteiger partial charge in [0.2, 0.25) is 0 Å². The van der Waals surface area contributed by atoms with Gasteiger partial charge in [0.15, 0.2) is 0 Å². The fourth-order valence-electron chi connectivity index (χ4n) is 1.06. The van der Waals surface area contributed by atoms with Crippen molar-refractivity contribution in [1.29, 1.82) is 0 Å². The van der Waals surface area contributed by atoms with E-state index < -0.39 is 12.1 Å². The van der Waals surface area contributed by atoms with Crippen LogP contribution in [0.2, 0.25) is 10.0 Å². The van der Waals surface area contributed by atoms with Gasteiger partial charge in [-0.3, -0.25) is 0 Å². The molecule has 1 aromatic carbocycles. The number of benzene rings is 1. The minimum Gasteiger partial charge on any atom is -0.465 e. The van der Waals surface area contributed by atoms with Gasteiger partial charge in [0.1, 0.15) is 0 Å². The molecule has 1 aromatic rings. The molecule has 0 spiro atoms. The van der Waals surface area contributed by atoms with Crippen LogP contribution in [0.15, 0.2) is 18.2 Å². The molecule has 4 nitrogen and oxygen atoms in total. The molecule has 0 radical (unpaired) electrons. The van der Waals surface area contributed by atoms with E-state index in [1.807, 2.05) is 0 Å². The van der Waals surface area contributed by atoms with E-state index in [9.17, 15) is 4.79 Å². The zero-order valence-corrected chi connectivity index (χ0v) is 9.22. The minimum atomic E-state index is -1.11. The Hall–Kier alpha value is -0.970. The Morgan fingerprint density at radius 1 is 1.47 bits per heavy atom. The molecule has 1 rings (SSSR count). The zero-order valence-electron chi connectivity index (χ0n) is 7.71. The molecule has 0 saturated carbocycles. The van der Waals surface area contributed by atoms with Crippen LogP contribution < -0.4 is 11.1 Å². The van der Waals surface area contributed by atoms with Crippen LogP contribution in [0.3, 0.4) is 0 Å². The van der Waals surface area contributed by atoms with E-state index in [2.05, 4.69) is 5.32 Å². The summed E-state index contributed by atoms with van der Waals surface area (Å²) in [6.45, 7) is 0.132. The Labute approximate surface area is 97.0 Å². The highest BCUT2D eigenvalue weighted by Crippen LogP contribution is 2.24. The highest BCUT2D eigenvalue weighted by molar-refractivity contribution is 6.42. The van der Waals surface area contributed by atoms with Gasteiger partial charge in [0.25, 0.3) is 0 Å². The number of nitrogens with one attached hydrogen (secondary N) is 1. The van der Waals surface area contributed by atoms with Crippen molar-refractivity contribution >= 4 is 29.3 Å². The smallest absolute Gasteiger partial charge is 0.404 e. The molecule has 0 fully saturated rings. The summed E-state index contributed by atoms with van der Waals surface area (Å²) in [4.78, 5) is 10.2. The second-order valence-electron chi connectivity index (χ2n) is 2.97. The summed E-state index contributed by atoms with van der Waals surface area (Å²) in [5.41, 5.74) is 6.47. The van der Waals surface area contributed by atoms with Gasteiger partial charge in [-0.15, -0.1) is 0 Å². The van der Waals surface area contributed by atoms with Gasteiger partial charge in [-0.25, -0.2) is 4.79 Å². The molecule has 0 bridgehead atoms. The molecular weight excluding hydrogens is 239 g/mol. The monoisotopic (exact) mass is 248 g/mol. The summed E-state index contributed by atoms with van der Waals surface area (Å²) in [5, 5.41) is 11.4. The molecule has 0 aliphatic heterocycles. The quantitative estimate of drug-likeness (QED) is 0.769. The first-order chi connectivity index (χ1) is 7.00. The van der Waals surface area contributed by atoms with E-state index in [0.29, 0.717) is 10.0 Å². The Bertz CT molecular complexity index is 371. The van der Waals surface area contributed by atoms with Gasteiger partial charge in [0, 0.05) is 12.6 Å². The maximum absolute atomic E-state index is 10.2. The first-order valence-electron chi connectivity index (χ1n) is 4.18. The topological polar surface area (TPSA) is 75.3 Å². The Balaban J connectivity index is 2.69. The van der Waals surface area contributed by atoms with Crippen LogP contribution in [0.4, 0.5) is 4.79 Å². The summed E-state index contributed by atoms with van der Waals surface area (Å²) in [6.07, 6.45) is -1.11. The van der Waals surface area contributed by atoms with Crippen molar-refractivity contribution in [2.75, 3.05) is 6.54 Å². The summed E-state index contributed by atoms with van der Waals surface area (Å²) in [7, 11) is 0. The van der Waals surface area contributed by atoms with Crippen LogP contribution >= 0.6 is 23.2 Å². The Kier molecular flexibility index (Phi) is 4.20. The van der Waals surface area contributed by atoms with Gasteiger partial charge in [0.05, 0.1) is 10.0 Å². The molecule has 0 saturated heterocycles. The molecule has 1 amide bonds. The lowest BCUT2D eigenvalue weighted by Crippen LogP contribution is -2.30. The summed E-state index contributed by atoms with van der Waals surface area (Å²) in [6, 6.07) is 4.52. The third-order valence-electron chi connectivity index (χ3n) is 1.85. The molecule has 1 unspecified atom stereocenters. The second-order valence-corrected chi connectivity index (χ2v) is 3.78. The van der Waals surface area contributed by atoms with Gasteiger partial charge in [-0.1, -0.05) is 29.3 Å². The predicted molar refractivity (Wildman–Crippen MR) is 59.4 cm³/mol. The first kappa shape index (κ1) is 12.1. The van der Waals surface area contributed by atoms with Gasteiger partial charge in [-0.2, -0.15) is 0 Å². The van der Waals surface area contributed by atoms with E-state index in [1.54, 1.807) is 18.2 Å². The van der Waals surface area contributed by atoms with Gasteiger partial charge >= 0.3 is 6.09 Å². The number of carboxylic acid groups (broad SMARTS) is 1. The second kappa shape index (κ2) is 5.21. The molecule has 0 aromatic heterocycles. The molecule has 0 aliphatic rings. The average molecular weight is 249 g/mol. The molecule has 0 heterocycles. The standard InChI is InChI=1S/C9H10Cl2N2O2/c10-6-2-1-5(3-7(6)11)8(12)4-13-9(14)15/h1-3,8,13H,4,12H2,(H,14,15). The van der Waals surface area contributed by atoms with E-state index in [-0.39, 0.29) is 6.54 Å². The number of amides is 1. The van der Waals surface area contributed by atoms with E-state index >= 15 is 0 Å². The van der Waals surface area contributed by atoms with Crippen LogP contribution in [0.5, 0.6) is 0 Å². The normalized spacial score (nSPS) is 12.2. The van der Waals surface area contributed by atoms with Gasteiger partial charge < -0.3 is 16.2 Å². The molecular formula is C9H10Cl2N2O2. The van der Waals surface area contributed by atoms with Crippen LogP contribution in [0.1, 0.15) is 11.6 Å². The van der Waals surface area contributed by atoms with E-state index in [0.717, 1.165) is 5.56 Å². The SMILES string of the molecule is NC(CNC(=O)O)c1ccc(Cl)c(Cl)c1. The summed E-state index contributed by atoms with van der Waals surface area (Å²) >= 11 is 11.5. The van der Waals surface area contributed by atoms with E-state index in [4.69, 9.17) is 34.0 Å². The molecule has 82 valence electrons. The minimum absolute atomic E-state index is 0.132. The summed E-state index contributed by atoms with van der Waals surface area (Å²) < 4.78 is 0. The fourth-order valence-corrected chi connectivity index (χ4v) is 1.36. The lowest BCUT2D eigenvalue weighted by molar-refractivity contribution is 0.193. The maximum Gasteiger partial charge on any atom is 0.404 e. The van der Waals surface area contributed by atoms with Crippen LogP contribution in [-0.2, 0) is 0 Å². The Morgan fingerprint density at radius 2 is 2.13 bits per heavy atom. The number of rotatable bonds is 3. The number of carbonyl (C=O) groups is 1. The number of hydrogen-bond donors (Lipinski definition) is 3. The maximum atomic E-state index is 10.2. The van der Waals surface area contributed by atoms with E-state index in [1.165, 1.54) is 0 Å². The lowest BCUT2D eigenvalue weighted by Gasteiger charge is -2.12. The number of nitrogens with two attached hydrogens (primary N) is 1. The largest absolute Gasteiger partial charge is 0.465 e. The zero-order chi connectivity index (χ0) is 11.4. The lowest BCUT2D eigenvalue weighted by atomic mass is 10.1. The van der Waals surface area contributed by atoms with Crippen molar-refractivity contribution in [3.05, 3.63) is 33.8 Å². The van der Waals surface area contributed by atoms with Gasteiger partial charge in [-0.05, 0) is 17.7 Å². The molecule has 6 heteroatoms. The molecule has 15 heavy (non-hydrogen) atoms. The predicted octanol–water partition coefficient (Wildman–Crippen LogP) is 2.26. The van der Waals surface area contributed by atoms with Crippen LogP contribution in [-0.4, -0.2) is 17.7 Å². The van der Waals surface area contributed by atoms with Crippen LogP contribution in [0.25, 0.3) is 0 Å².